The average molecular weight is 456 g/mol. The summed E-state index contributed by atoms with van der Waals surface area (Å²) in [7, 11) is 0. The molecule has 2 aromatic rings. The molecule has 6 nitrogen and oxygen atoms in total. The normalized spacial score (nSPS) is 11.8. The molecule has 0 aliphatic heterocycles. The molecule has 2 N–H and O–H groups in total. The highest BCUT2D eigenvalue weighted by Crippen LogP contribution is 2.21. The molecule has 0 atom stereocenters. The lowest BCUT2D eigenvalue weighted by Crippen LogP contribution is -2.43. The Bertz CT molecular complexity index is 651. The van der Waals surface area contributed by atoms with Crippen LogP contribution in [0.4, 0.5) is 0 Å². The molecule has 0 radical (unpaired) electrons. The Labute approximate surface area is 167 Å². The number of aryl methyl sites for hydroxylation is 1. The van der Waals surface area contributed by atoms with Gasteiger partial charge >= 0.3 is 0 Å². The van der Waals surface area contributed by atoms with Gasteiger partial charge in [-0.05, 0) is 19.4 Å². The first kappa shape index (κ1) is 21.4. The van der Waals surface area contributed by atoms with E-state index >= 15 is 0 Å². The van der Waals surface area contributed by atoms with Crippen LogP contribution in [0.25, 0.3) is 0 Å². The van der Waals surface area contributed by atoms with Gasteiger partial charge in [0.2, 0.25) is 0 Å². The van der Waals surface area contributed by atoms with E-state index in [1.807, 2.05) is 10.6 Å². The second kappa shape index (κ2) is 10.4. The van der Waals surface area contributed by atoms with Gasteiger partial charge in [-0.15, -0.1) is 34.2 Å². The van der Waals surface area contributed by atoms with E-state index < -0.39 is 0 Å². The molecule has 0 aliphatic carbocycles. The molecule has 0 saturated carbocycles. The van der Waals surface area contributed by atoms with Crippen LogP contribution in [0.15, 0.2) is 41.7 Å². The Kier molecular flexibility index (Phi) is 8.88. The first-order chi connectivity index (χ1) is 11.6. The van der Waals surface area contributed by atoms with E-state index in [0.717, 1.165) is 31.4 Å². The van der Waals surface area contributed by atoms with E-state index in [1.54, 1.807) is 6.33 Å². The fourth-order valence-corrected chi connectivity index (χ4v) is 2.45. The Balaban J connectivity index is 0.00000312. The van der Waals surface area contributed by atoms with Crippen molar-refractivity contribution >= 4 is 29.9 Å². The van der Waals surface area contributed by atoms with Crippen molar-refractivity contribution < 1.29 is 0 Å². The number of nitrogens with zero attached hydrogens (tertiary/aromatic N) is 4. The van der Waals surface area contributed by atoms with Crippen LogP contribution in [0.1, 0.15) is 39.1 Å². The zero-order valence-corrected chi connectivity index (χ0v) is 17.8. The van der Waals surface area contributed by atoms with Crippen LogP contribution >= 0.6 is 24.0 Å². The maximum absolute atomic E-state index is 4.63. The zero-order valence-electron chi connectivity index (χ0n) is 15.5. The fourth-order valence-electron chi connectivity index (χ4n) is 2.45. The summed E-state index contributed by atoms with van der Waals surface area (Å²) in [5.74, 6) is 1.67. The predicted molar refractivity (Wildman–Crippen MR) is 113 cm³/mol. The Morgan fingerprint density at radius 3 is 2.52 bits per heavy atom. The van der Waals surface area contributed by atoms with Crippen molar-refractivity contribution in [3.63, 3.8) is 0 Å². The molecule has 0 unspecified atom stereocenters. The van der Waals surface area contributed by atoms with Gasteiger partial charge in [0.1, 0.15) is 12.9 Å². The van der Waals surface area contributed by atoms with Gasteiger partial charge in [0.25, 0.3) is 0 Å². The van der Waals surface area contributed by atoms with Crippen LogP contribution < -0.4 is 10.6 Å². The number of benzene rings is 1. The van der Waals surface area contributed by atoms with Crippen molar-refractivity contribution in [2.45, 2.75) is 46.2 Å². The van der Waals surface area contributed by atoms with E-state index in [-0.39, 0.29) is 29.4 Å². The topological polar surface area (TPSA) is 67.1 Å². The number of halogens is 1. The molecule has 138 valence electrons. The summed E-state index contributed by atoms with van der Waals surface area (Å²) in [5.41, 5.74) is 1.32. The fraction of sp³-hybridized carbons (Fsp3) is 0.500. The quantitative estimate of drug-likeness (QED) is 0.382. The number of hydrogen-bond donors (Lipinski definition) is 2. The number of guanidine groups is 1. The van der Waals surface area contributed by atoms with Gasteiger partial charge < -0.3 is 15.2 Å². The summed E-state index contributed by atoms with van der Waals surface area (Å²) in [6.45, 7) is 11.6. The third-order valence-corrected chi connectivity index (χ3v) is 4.01. The molecule has 2 rings (SSSR count). The molecular weight excluding hydrogens is 427 g/mol. The van der Waals surface area contributed by atoms with Crippen molar-refractivity contribution in [2.24, 2.45) is 4.99 Å². The molecule has 0 bridgehead atoms. The summed E-state index contributed by atoms with van der Waals surface area (Å²) < 4.78 is 2.00. The van der Waals surface area contributed by atoms with Crippen LogP contribution in [0.2, 0.25) is 0 Å². The van der Waals surface area contributed by atoms with Crippen LogP contribution in [0, 0.1) is 0 Å². The monoisotopic (exact) mass is 456 g/mol. The molecule has 25 heavy (non-hydrogen) atoms. The predicted octanol–water partition coefficient (Wildman–Crippen LogP) is 2.95. The van der Waals surface area contributed by atoms with Crippen molar-refractivity contribution in [1.29, 1.82) is 0 Å². The van der Waals surface area contributed by atoms with E-state index in [1.165, 1.54) is 5.56 Å². The highest BCUT2D eigenvalue weighted by molar-refractivity contribution is 14.0. The largest absolute Gasteiger partial charge is 0.357 e. The minimum atomic E-state index is 0. The third kappa shape index (κ3) is 6.30. The summed E-state index contributed by atoms with van der Waals surface area (Å²) in [4.78, 5) is 4.63. The van der Waals surface area contributed by atoms with E-state index in [4.69, 9.17) is 0 Å². The minimum absolute atomic E-state index is 0. The third-order valence-electron chi connectivity index (χ3n) is 4.01. The summed E-state index contributed by atoms with van der Waals surface area (Å²) in [6, 6.07) is 10.5. The van der Waals surface area contributed by atoms with Gasteiger partial charge in [-0.3, -0.25) is 0 Å². The van der Waals surface area contributed by atoms with E-state index in [2.05, 4.69) is 77.8 Å². The van der Waals surface area contributed by atoms with Crippen molar-refractivity contribution in [1.82, 2.24) is 25.4 Å². The Hall–Kier alpha value is -1.64. The molecule has 0 spiro atoms. The maximum atomic E-state index is 4.63. The number of rotatable bonds is 7. The first-order valence-corrected chi connectivity index (χ1v) is 8.51. The molecule has 1 aromatic heterocycles. The summed E-state index contributed by atoms with van der Waals surface area (Å²) in [6.07, 6.45) is 1.74. The van der Waals surface area contributed by atoms with Crippen LogP contribution in [0.3, 0.4) is 0 Å². The van der Waals surface area contributed by atoms with Gasteiger partial charge in [-0.25, -0.2) is 4.99 Å². The highest BCUT2D eigenvalue weighted by atomic mass is 127. The molecule has 0 saturated heterocycles. The van der Waals surface area contributed by atoms with Crippen LogP contribution in [-0.2, 0) is 18.5 Å². The number of hydrogen-bond acceptors (Lipinski definition) is 3. The number of nitrogens with one attached hydrogen (secondary N) is 2. The lowest BCUT2D eigenvalue weighted by Gasteiger charge is -2.26. The van der Waals surface area contributed by atoms with Crippen molar-refractivity contribution in [3.05, 3.63) is 48.0 Å². The van der Waals surface area contributed by atoms with Gasteiger partial charge in [0, 0.05) is 25.0 Å². The first-order valence-electron chi connectivity index (χ1n) is 8.51. The van der Waals surface area contributed by atoms with E-state index in [0.29, 0.717) is 6.54 Å². The molecule has 1 heterocycles. The van der Waals surface area contributed by atoms with Gasteiger partial charge in [-0.2, -0.15) is 0 Å². The maximum Gasteiger partial charge on any atom is 0.191 e. The molecule has 1 aromatic carbocycles. The second-order valence-corrected chi connectivity index (χ2v) is 6.33. The smallest absolute Gasteiger partial charge is 0.191 e. The summed E-state index contributed by atoms with van der Waals surface area (Å²) in [5, 5.41) is 14.8. The lowest BCUT2D eigenvalue weighted by atomic mass is 9.85. The van der Waals surface area contributed by atoms with Crippen LogP contribution in [-0.4, -0.2) is 33.8 Å². The number of aliphatic imine (C=N–C) groups is 1. The highest BCUT2D eigenvalue weighted by Gasteiger charge is 2.20. The van der Waals surface area contributed by atoms with Gasteiger partial charge in [0.05, 0.1) is 0 Å². The Morgan fingerprint density at radius 1 is 1.16 bits per heavy atom. The lowest BCUT2D eigenvalue weighted by molar-refractivity contribution is 0.508. The van der Waals surface area contributed by atoms with Gasteiger partial charge in [0.15, 0.2) is 11.8 Å². The van der Waals surface area contributed by atoms with E-state index in [9.17, 15) is 0 Å². The standard InChI is InChI=1S/C18H28N6.HI/c1-5-19-17(20-12-16-23-22-14-24(16)6-2)21-13-18(3,4)15-10-8-7-9-11-15;/h7-11,14H,5-6,12-13H2,1-4H3,(H2,19,20,21);1H. The Morgan fingerprint density at radius 2 is 1.88 bits per heavy atom. The molecule has 0 amide bonds. The minimum Gasteiger partial charge on any atom is -0.357 e. The zero-order chi connectivity index (χ0) is 17.4. The van der Waals surface area contributed by atoms with Crippen LogP contribution in [0.5, 0.6) is 0 Å². The average Bonchev–Trinajstić information content (AvgIpc) is 3.06. The molecule has 0 aliphatic rings. The molecule has 7 heteroatoms. The number of aromatic nitrogens is 3. The summed E-state index contributed by atoms with van der Waals surface area (Å²) >= 11 is 0. The van der Waals surface area contributed by atoms with Gasteiger partial charge in [-0.1, -0.05) is 44.2 Å². The van der Waals surface area contributed by atoms with Crippen molar-refractivity contribution in [2.75, 3.05) is 13.1 Å². The molecule has 0 fully saturated rings. The molecular formula is C18H29IN6. The second-order valence-electron chi connectivity index (χ2n) is 6.33. The SMILES string of the molecule is CCNC(=NCc1nncn1CC)NCC(C)(C)c1ccccc1.I. The van der Waals surface area contributed by atoms with Crippen molar-refractivity contribution in [3.8, 4) is 0 Å².